The van der Waals surface area contributed by atoms with Gasteiger partial charge in [0.1, 0.15) is 18.4 Å². The fourth-order valence-corrected chi connectivity index (χ4v) is 7.63. The number of anilines is 1. The van der Waals surface area contributed by atoms with Crippen LogP contribution >= 0.6 is 15.9 Å². The zero-order valence-electron chi connectivity index (χ0n) is 25.6. The Morgan fingerprint density at radius 3 is 2.22 bits per heavy atom. The number of carbonyl (C=O) groups is 2. The van der Waals surface area contributed by atoms with Crippen LogP contribution in [-0.2, 0) is 32.6 Å². The van der Waals surface area contributed by atoms with Crippen molar-refractivity contribution in [1.82, 2.24) is 10.2 Å². The zero-order valence-corrected chi connectivity index (χ0v) is 28.0. The summed E-state index contributed by atoms with van der Waals surface area (Å²) in [7, 11) is -4.39. The van der Waals surface area contributed by atoms with Crippen LogP contribution in [0.25, 0.3) is 0 Å². The number of carbonyl (C=O) groups excluding carboxylic acids is 2. The van der Waals surface area contributed by atoms with Crippen molar-refractivity contribution >= 4 is 43.5 Å². The fraction of sp³-hybridized carbons (Fsp3) is 0.278. The first-order valence-electron chi connectivity index (χ1n) is 15.3. The summed E-state index contributed by atoms with van der Waals surface area (Å²) >= 11 is 3.49. The Labute approximate surface area is 278 Å². The van der Waals surface area contributed by atoms with Gasteiger partial charge in [0, 0.05) is 23.5 Å². The molecule has 1 aliphatic rings. The van der Waals surface area contributed by atoms with Gasteiger partial charge < -0.3 is 10.2 Å². The molecule has 4 aromatic carbocycles. The third-order valence-corrected chi connectivity index (χ3v) is 10.5. The van der Waals surface area contributed by atoms with Crippen molar-refractivity contribution in [3.63, 3.8) is 0 Å². The highest BCUT2D eigenvalue weighted by Gasteiger charge is 2.36. The standard InChI is InChI=1S/C36H37BrFN3O4S/c1-26-18-20-31(21-19-26)46(44,45)41(33-17-8-7-16-32(33)38)25-35(42)40(24-28-12-9-13-29(37)22-28)34(23-27-10-3-2-4-11-27)36(43)39-30-14-5-6-15-30/h2-4,7-13,16-22,30,34H,5-6,14-15,23-25H2,1H3,(H,39,43)/t34-/m1/s1. The second-order valence-corrected chi connectivity index (χ2v) is 14.4. The van der Waals surface area contributed by atoms with Crippen LogP contribution in [0.4, 0.5) is 10.1 Å². The van der Waals surface area contributed by atoms with E-state index in [4.69, 9.17) is 0 Å². The highest BCUT2D eigenvalue weighted by Crippen LogP contribution is 2.28. The molecule has 240 valence electrons. The van der Waals surface area contributed by atoms with Crippen molar-refractivity contribution in [2.45, 2.75) is 62.6 Å². The quantitative estimate of drug-likeness (QED) is 0.176. The molecule has 5 rings (SSSR count). The predicted molar refractivity (Wildman–Crippen MR) is 181 cm³/mol. The lowest BCUT2D eigenvalue weighted by Crippen LogP contribution is -2.54. The van der Waals surface area contributed by atoms with E-state index in [1.54, 1.807) is 12.1 Å². The topological polar surface area (TPSA) is 86.8 Å². The first kappa shape index (κ1) is 33.3. The van der Waals surface area contributed by atoms with E-state index in [0.29, 0.717) is 0 Å². The molecule has 1 fully saturated rings. The molecule has 1 aliphatic carbocycles. The van der Waals surface area contributed by atoms with Crippen LogP contribution < -0.4 is 9.62 Å². The Bertz CT molecular complexity index is 1760. The van der Waals surface area contributed by atoms with Crippen molar-refractivity contribution in [3.05, 3.63) is 130 Å². The minimum Gasteiger partial charge on any atom is -0.352 e. The molecule has 2 amide bonds. The average Bonchev–Trinajstić information content (AvgIpc) is 3.55. The molecular formula is C36H37BrFN3O4S. The van der Waals surface area contributed by atoms with Gasteiger partial charge >= 0.3 is 0 Å². The maximum Gasteiger partial charge on any atom is 0.264 e. The maximum absolute atomic E-state index is 15.3. The average molecular weight is 707 g/mol. The van der Waals surface area contributed by atoms with Gasteiger partial charge in [0.05, 0.1) is 10.6 Å². The molecule has 0 aliphatic heterocycles. The van der Waals surface area contributed by atoms with E-state index >= 15 is 4.39 Å². The van der Waals surface area contributed by atoms with Gasteiger partial charge in [-0.3, -0.25) is 13.9 Å². The number of hydrogen-bond acceptors (Lipinski definition) is 4. The Morgan fingerprint density at radius 1 is 0.891 bits per heavy atom. The minimum absolute atomic E-state index is 0.00502. The Kier molecular flexibility index (Phi) is 10.9. The number of nitrogens with one attached hydrogen (secondary N) is 1. The summed E-state index contributed by atoms with van der Waals surface area (Å²) < 4.78 is 45.1. The molecule has 0 aromatic heterocycles. The lowest BCUT2D eigenvalue weighted by molar-refractivity contribution is -0.140. The smallest absolute Gasteiger partial charge is 0.264 e. The number of nitrogens with zero attached hydrogens (tertiary/aromatic N) is 2. The van der Waals surface area contributed by atoms with Crippen LogP contribution in [0.3, 0.4) is 0 Å². The summed E-state index contributed by atoms with van der Waals surface area (Å²) in [5.41, 5.74) is 2.19. The van der Waals surface area contributed by atoms with E-state index in [1.807, 2.05) is 61.5 Å². The number of halogens is 2. The third-order valence-electron chi connectivity index (χ3n) is 8.22. The lowest BCUT2D eigenvalue weighted by Gasteiger charge is -2.34. The van der Waals surface area contributed by atoms with E-state index < -0.39 is 34.3 Å². The molecule has 0 unspecified atom stereocenters. The van der Waals surface area contributed by atoms with Crippen LogP contribution in [0.1, 0.15) is 42.4 Å². The monoisotopic (exact) mass is 705 g/mol. The largest absolute Gasteiger partial charge is 0.352 e. The number of para-hydroxylation sites is 1. The maximum atomic E-state index is 15.3. The summed E-state index contributed by atoms with van der Waals surface area (Å²) in [6.45, 7) is 1.15. The molecule has 0 radical (unpaired) electrons. The highest BCUT2D eigenvalue weighted by molar-refractivity contribution is 9.10. The molecule has 1 atom stereocenters. The zero-order chi connectivity index (χ0) is 32.7. The highest BCUT2D eigenvalue weighted by atomic mass is 79.9. The summed E-state index contributed by atoms with van der Waals surface area (Å²) in [5.74, 6) is -1.73. The Morgan fingerprint density at radius 2 is 1.54 bits per heavy atom. The fourth-order valence-electron chi connectivity index (χ4n) is 5.76. The Hall–Kier alpha value is -4.02. The van der Waals surface area contributed by atoms with Crippen molar-refractivity contribution in [2.24, 2.45) is 0 Å². The SMILES string of the molecule is Cc1ccc(S(=O)(=O)N(CC(=O)N(Cc2cccc(Br)c2)[C@H](Cc2ccccc2)C(=O)NC2CCCC2)c2ccccc2F)cc1. The number of benzene rings is 4. The van der Waals surface area contributed by atoms with E-state index in [1.165, 1.54) is 35.2 Å². The van der Waals surface area contributed by atoms with E-state index in [2.05, 4.69) is 21.2 Å². The molecule has 1 saturated carbocycles. The number of amides is 2. The Balaban J connectivity index is 1.57. The van der Waals surface area contributed by atoms with Crippen molar-refractivity contribution in [2.75, 3.05) is 10.8 Å². The second-order valence-electron chi connectivity index (χ2n) is 11.6. The number of hydrogen-bond donors (Lipinski definition) is 1. The van der Waals surface area contributed by atoms with Gasteiger partial charge in [0.25, 0.3) is 10.0 Å². The van der Waals surface area contributed by atoms with Gasteiger partial charge in [-0.2, -0.15) is 0 Å². The summed E-state index contributed by atoms with van der Waals surface area (Å²) in [5, 5.41) is 3.15. The van der Waals surface area contributed by atoms with Crippen molar-refractivity contribution < 1.29 is 22.4 Å². The van der Waals surface area contributed by atoms with Gasteiger partial charge in [0.15, 0.2) is 0 Å². The minimum atomic E-state index is -4.39. The van der Waals surface area contributed by atoms with E-state index in [0.717, 1.165) is 57.2 Å². The van der Waals surface area contributed by atoms with Gasteiger partial charge in [-0.15, -0.1) is 0 Å². The third kappa shape index (κ3) is 8.22. The first-order valence-corrected chi connectivity index (χ1v) is 17.6. The molecule has 0 heterocycles. The summed E-state index contributed by atoms with van der Waals surface area (Å²) in [6, 6.07) is 27.5. The summed E-state index contributed by atoms with van der Waals surface area (Å²) in [6.07, 6.45) is 3.97. The van der Waals surface area contributed by atoms with E-state index in [9.17, 15) is 18.0 Å². The number of aryl methyl sites for hydroxylation is 1. The number of rotatable bonds is 12. The van der Waals surface area contributed by atoms with Crippen LogP contribution in [0, 0.1) is 12.7 Å². The first-order chi connectivity index (χ1) is 22.1. The number of sulfonamides is 1. The molecule has 10 heteroatoms. The normalized spacial score (nSPS) is 14.1. The second kappa shape index (κ2) is 15.0. The summed E-state index contributed by atoms with van der Waals surface area (Å²) in [4.78, 5) is 30.0. The van der Waals surface area contributed by atoms with Gasteiger partial charge in [-0.05, 0) is 67.3 Å². The van der Waals surface area contributed by atoms with Crippen LogP contribution in [-0.4, -0.2) is 43.8 Å². The van der Waals surface area contributed by atoms with Gasteiger partial charge in [0.2, 0.25) is 11.8 Å². The molecule has 1 N–H and O–H groups in total. The van der Waals surface area contributed by atoms with Crippen molar-refractivity contribution in [1.29, 1.82) is 0 Å². The van der Waals surface area contributed by atoms with Crippen LogP contribution in [0.2, 0.25) is 0 Å². The molecule has 7 nitrogen and oxygen atoms in total. The van der Waals surface area contributed by atoms with Gasteiger partial charge in [-0.1, -0.05) is 101 Å². The van der Waals surface area contributed by atoms with Crippen LogP contribution in [0.5, 0.6) is 0 Å². The molecule has 0 bridgehead atoms. The molecule has 46 heavy (non-hydrogen) atoms. The molecular weight excluding hydrogens is 669 g/mol. The van der Waals surface area contributed by atoms with Crippen LogP contribution in [0.15, 0.2) is 112 Å². The van der Waals surface area contributed by atoms with Gasteiger partial charge in [-0.25, -0.2) is 12.8 Å². The molecule has 4 aromatic rings. The lowest BCUT2D eigenvalue weighted by atomic mass is 10.0. The van der Waals surface area contributed by atoms with Crippen molar-refractivity contribution in [3.8, 4) is 0 Å². The molecule has 0 spiro atoms. The van der Waals surface area contributed by atoms with E-state index in [-0.39, 0.29) is 35.5 Å². The predicted octanol–water partition coefficient (Wildman–Crippen LogP) is 6.79. The molecule has 0 saturated heterocycles.